The number of fused-ring (bicyclic) bond motifs is 3. The summed E-state index contributed by atoms with van der Waals surface area (Å²) >= 11 is 0. The number of aliphatic imine (C=N–C) groups is 3. The number of hydrogen-bond acceptors (Lipinski definition) is 24. The Hall–Kier alpha value is -9.63. The number of carboxylic acids is 1. The molecule has 0 unspecified atom stereocenters. The van der Waals surface area contributed by atoms with E-state index in [1.807, 2.05) is 44.2 Å². The van der Waals surface area contributed by atoms with Gasteiger partial charge in [0.15, 0.2) is 0 Å². The van der Waals surface area contributed by atoms with Gasteiger partial charge in [0.1, 0.15) is 34.2 Å². The Labute approximate surface area is 611 Å². The second-order valence-corrected chi connectivity index (χ2v) is 21.8. The van der Waals surface area contributed by atoms with E-state index in [9.17, 15) is 0 Å². The number of carboxylic acid groups (broad SMARTS) is 2. The monoisotopic (exact) mass is 1480 g/mol. The van der Waals surface area contributed by atoms with Crippen LogP contribution in [-0.2, 0) is 43.7 Å². The molecule has 0 N–H and O–H groups in total. The van der Waals surface area contributed by atoms with Crippen molar-refractivity contribution < 1.29 is 78.8 Å². The van der Waals surface area contributed by atoms with E-state index in [-0.39, 0.29) is 66.4 Å². The number of nitrogens with zero attached hydrogens (tertiary/aromatic N) is 23. The first-order chi connectivity index (χ1) is 45.4. The molecule has 2 radical (unpaired) electrons. The molecule has 27 nitrogen and oxygen atoms in total. The fourth-order valence-electron chi connectivity index (χ4n) is 10.3. The molecular formula is C68H80Cl2Cu2N23O4-. The number of rotatable bonds is 17. The Morgan fingerprint density at radius 3 is 1.13 bits per heavy atom. The van der Waals surface area contributed by atoms with Crippen molar-refractivity contribution in [3.8, 4) is 34.6 Å². The summed E-state index contributed by atoms with van der Waals surface area (Å²) in [6.07, 6.45) is 12.4. The molecule has 6 aromatic heterocycles. The van der Waals surface area contributed by atoms with Crippen LogP contribution in [0.3, 0.4) is 0 Å². The maximum absolute atomic E-state index is 8.89. The predicted octanol–water partition coefficient (Wildman–Crippen LogP) is 2.95. The Kier molecular flexibility index (Phi) is 33.5. The number of hydrogen-bond donors (Lipinski definition) is 0. The summed E-state index contributed by atoms with van der Waals surface area (Å²) in [6.45, 7) is 33.8. The normalized spacial score (nSPS) is 12.9. The molecule has 3 aromatic carbocycles. The summed E-state index contributed by atoms with van der Waals surface area (Å²) in [4.78, 5) is 60.0. The molecule has 0 spiro atoms. The first-order valence-corrected chi connectivity index (χ1v) is 31.0. The second-order valence-electron chi connectivity index (χ2n) is 21.8. The molecule has 0 amide bonds. The van der Waals surface area contributed by atoms with Gasteiger partial charge in [0.25, 0.3) is 0 Å². The third kappa shape index (κ3) is 20.3. The van der Waals surface area contributed by atoms with Crippen LogP contribution in [0, 0.1) is 34.1 Å². The molecule has 0 saturated carbocycles. The maximum Gasteiger partial charge on any atom is 2.00 e. The van der Waals surface area contributed by atoms with Crippen molar-refractivity contribution >= 4 is 80.8 Å². The topological polar surface area (TPSA) is 321 Å². The molecule has 31 heteroatoms. The van der Waals surface area contributed by atoms with Crippen LogP contribution in [-0.4, -0.2) is 156 Å². The molecule has 12 rings (SSSR count). The molecule has 3 aliphatic heterocycles. The molecule has 3 aliphatic rings. The van der Waals surface area contributed by atoms with Gasteiger partial charge in [-0.25, -0.2) is 24.9 Å². The first-order valence-electron chi connectivity index (χ1n) is 31.0. The number of aromatic nitrogens is 14. The van der Waals surface area contributed by atoms with Crippen LogP contribution in [0.2, 0.25) is 0 Å². The Morgan fingerprint density at radius 2 is 0.818 bits per heavy atom. The number of pyridine rings is 1. The van der Waals surface area contributed by atoms with Gasteiger partial charge in [-0.15, -0.1) is 30.6 Å². The van der Waals surface area contributed by atoms with Crippen molar-refractivity contribution in [3.05, 3.63) is 158 Å². The summed E-state index contributed by atoms with van der Waals surface area (Å²) < 4.78 is 5.13. The van der Waals surface area contributed by atoms with Crippen LogP contribution in [0.5, 0.6) is 0 Å². The van der Waals surface area contributed by atoms with Gasteiger partial charge >= 0.3 is 34.1 Å². The summed E-state index contributed by atoms with van der Waals surface area (Å²) in [7, 11) is 0. The van der Waals surface area contributed by atoms with Gasteiger partial charge in [0.2, 0.25) is 34.9 Å². The van der Waals surface area contributed by atoms with Gasteiger partial charge in [0, 0.05) is 99.8 Å². The minimum Gasteiger partial charge on any atom is -1.00 e. The van der Waals surface area contributed by atoms with Crippen molar-refractivity contribution in [2.45, 2.75) is 103 Å². The van der Waals surface area contributed by atoms with E-state index in [0.717, 1.165) is 126 Å². The molecule has 0 atom stereocenters. The molecule has 0 fully saturated rings. The van der Waals surface area contributed by atoms with E-state index >= 15 is 0 Å². The van der Waals surface area contributed by atoms with Gasteiger partial charge in [-0.1, -0.05) is 19.9 Å². The zero-order valence-electron chi connectivity index (χ0n) is 57.9. The number of aliphatic carboxylic acids is 1. The molecule has 0 aliphatic carbocycles. The summed E-state index contributed by atoms with van der Waals surface area (Å²) in [5.41, 5.74) is 16.5. The van der Waals surface area contributed by atoms with E-state index in [1.165, 1.54) is 17.1 Å². The van der Waals surface area contributed by atoms with Crippen molar-refractivity contribution in [3.63, 3.8) is 0 Å². The van der Waals surface area contributed by atoms with Gasteiger partial charge in [0.05, 0.1) is 46.6 Å². The number of halogens is 2. The standard InChI is InChI=1S/C24H29N7.2C20H22N8.C2H4O2.CH2O2.CH3.2ClH.2Cu/c1-6-30(7-2)18-11-12-19(17(5)15-18)26-22-21(14-16(3)4)29-31-23(27-28-24(22)31)20-10-8-9-13-25-20;2*1-5-27(6-2)15-7-8-16(13(3)11-15)23-18-14(4)26-28-19(24-25-20(18)28)17-12-21-9-10-22-17;1-2(3)4;2-1-3;;;;;/h8-13,15-16H,6-7,14H2,1-5H3;2*7-12H,5-6H2,1-4H3;1H3,(H,3,4);1H,(H,2,3);1H3;2*1H;;/q;;;;;-1;;;2*+2/p-4. The van der Waals surface area contributed by atoms with E-state index in [0.29, 0.717) is 52.3 Å². The van der Waals surface area contributed by atoms with E-state index in [2.05, 4.69) is 199 Å². The van der Waals surface area contributed by atoms with Crippen LogP contribution >= 0.6 is 0 Å². The third-order valence-corrected chi connectivity index (χ3v) is 14.9. The average molecular weight is 1480 g/mol. The van der Waals surface area contributed by atoms with Crippen molar-refractivity contribution in [2.24, 2.45) is 36.2 Å². The van der Waals surface area contributed by atoms with Gasteiger partial charge in [-0.2, -0.15) is 29.3 Å². The fraction of sp³-hybridized carbons (Fsp3) is 0.324. The van der Waals surface area contributed by atoms with E-state index < -0.39 is 12.4 Å². The molecule has 0 saturated heterocycles. The molecule has 9 heterocycles. The van der Waals surface area contributed by atoms with Crippen LogP contribution in [0.1, 0.15) is 117 Å². The largest absolute Gasteiger partial charge is 2.00 e. The Bertz CT molecular complexity index is 4120. The van der Waals surface area contributed by atoms with Gasteiger partial charge < -0.3 is 66.7 Å². The zero-order chi connectivity index (χ0) is 67.6. The first kappa shape index (κ1) is 83.6. The molecule has 0 bridgehead atoms. The minimum atomic E-state index is -1.08. The second kappa shape index (κ2) is 39.7. The van der Waals surface area contributed by atoms with Crippen molar-refractivity contribution in [1.82, 2.24) is 69.5 Å². The summed E-state index contributed by atoms with van der Waals surface area (Å²) in [6, 6.07) is 24.8. The number of aryl methyl sites for hydroxylation is 3. The summed E-state index contributed by atoms with van der Waals surface area (Å²) in [5, 5.41) is 56.9. The van der Waals surface area contributed by atoms with Gasteiger partial charge in [-0.05, 0) is 179 Å². The molecular weight excluding hydrogens is 1400 g/mol. The molecule has 9 aromatic rings. The van der Waals surface area contributed by atoms with Crippen LogP contribution < -0.4 is 49.7 Å². The molecule has 528 valence electrons. The predicted molar refractivity (Wildman–Crippen MR) is 371 cm³/mol. The van der Waals surface area contributed by atoms with Gasteiger partial charge in [-0.3, -0.25) is 15.0 Å². The van der Waals surface area contributed by atoms with E-state index in [1.54, 1.807) is 57.4 Å². The number of benzene rings is 3. The average Bonchev–Trinajstić information content (AvgIpc) is 1.64. The number of anilines is 3. The fourth-order valence-corrected chi connectivity index (χ4v) is 10.3. The van der Waals surface area contributed by atoms with Crippen molar-refractivity contribution in [2.75, 3.05) is 54.0 Å². The Balaban J connectivity index is 0.000000360. The number of carbonyl (C=O) groups excluding carboxylic acids is 2. The van der Waals surface area contributed by atoms with Crippen LogP contribution in [0.4, 0.5) is 34.1 Å². The third-order valence-electron chi connectivity index (χ3n) is 14.9. The SMILES string of the molecule is CC(=O)[O-].CCN(CC)c1ccc(N=C2C(C)=Nn3c2nnc3-c2cnccn2)c(C)c1.CCN(CC)c1ccc(N=C2C(C)=Nn3c2nnc3-c2cnccn2)c(C)c1.CCN(CC)c1ccc(N=C2C(CC(C)C)=Nn3c2nnc3-c2ccccn2)c(C)c1.O=C[O-].[CH3-].[Cl-].[Cl-].[Cu+2].[Cu+2]. The van der Waals surface area contributed by atoms with Crippen LogP contribution in [0.15, 0.2) is 146 Å². The summed E-state index contributed by atoms with van der Waals surface area (Å²) in [5.74, 6) is 3.02. The van der Waals surface area contributed by atoms with E-state index in [4.69, 9.17) is 39.9 Å². The minimum absolute atomic E-state index is 0. The Morgan fingerprint density at radius 1 is 0.495 bits per heavy atom. The smallest absolute Gasteiger partial charge is 1.00 e. The van der Waals surface area contributed by atoms with Crippen molar-refractivity contribution in [1.29, 1.82) is 0 Å². The quantitative estimate of drug-likeness (QED) is 0.0718. The molecule has 99 heavy (non-hydrogen) atoms. The maximum atomic E-state index is 8.89. The van der Waals surface area contributed by atoms with Crippen LogP contribution in [0.25, 0.3) is 34.6 Å². The number of carbonyl (C=O) groups is 2. The zero-order valence-corrected chi connectivity index (χ0v) is 61.2.